The van der Waals surface area contributed by atoms with Crippen molar-refractivity contribution in [3.05, 3.63) is 42.0 Å². The molecule has 0 unspecified atom stereocenters. The van der Waals surface area contributed by atoms with Crippen LogP contribution in [-0.4, -0.2) is 19.7 Å². The second kappa shape index (κ2) is 4.81. The fourth-order valence-electron chi connectivity index (χ4n) is 1.57. The molecular weight excluding hydrogens is 252 g/mol. The van der Waals surface area contributed by atoms with Crippen LogP contribution in [0.1, 0.15) is 11.5 Å². The van der Waals surface area contributed by atoms with Crippen molar-refractivity contribution in [3.63, 3.8) is 0 Å². The lowest BCUT2D eigenvalue weighted by Gasteiger charge is -2.07. The summed E-state index contributed by atoms with van der Waals surface area (Å²) in [5.74, 6) is 1.89. The third-order valence-corrected chi connectivity index (χ3v) is 3.52. The third kappa shape index (κ3) is 2.89. The Morgan fingerprint density at radius 3 is 2.72 bits per heavy atom. The number of rotatable bonds is 4. The number of hydrogen-bond donors (Lipinski definition) is 1. The molecule has 2 aromatic heterocycles. The van der Waals surface area contributed by atoms with Gasteiger partial charge in [0.25, 0.3) is 0 Å². The predicted molar refractivity (Wildman–Crippen MR) is 68.1 cm³/mol. The summed E-state index contributed by atoms with van der Waals surface area (Å²) in [5, 5.41) is 2.97. The summed E-state index contributed by atoms with van der Waals surface area (Å²) in [6.07, 6.45) is 2.70. The van der Waals surface area contributed by atoms with Crippen LogP contribution in [0.3, 0.4) is 0 Å². The van der Waals surface area contributed by atoms with Crippen LogP contribution in [0.5, 0.6) is 0 Å². The molecule has 0 atom stereocenters. The summed E-state index contributed by atoms with van der Waals surface area (Å²) in [6, 6.07) is 6.81. The SMILES string of the molecule is Cc1ccc(CNc2ncccc2S(C)(=O)=O)o1. The Bertz CT molecular complexity index is 647. The Kier molecular flexibility index (Phi) is 3.38. The minimum absolute atomic E-state index is 0.188. The fourth-order valence-corrected chi connectivity index (χ4v) is 2.38. The average molecular weight is 266 g/mol. The number of nitrogens with one attached hydrogen (secondary N) is 1. The minimum atomic E-state index is -3.29. The van der Waals surface area contributed by atoms with E-state index < -0.39 is 9.84 Å². The van der Waals surface area contributed by atoms with Gasteiger partial charge in [0.05, 0.1) is 6.54 Å². The maximum Gasteiger partial charge on any atom is 0.179 e. The van der Waals surface area contributed by atoms with Crippen LogP contribution in [0.2, 0.25) is 0 Å². The number of pyridine rings is 1. The zero-order valence-corrected chi connectivity index (χ0v) is 11.0. The molecule has 6 heteroatoms. The second-order valence-electron chi connectivity index (χ2n) is 3.99. The van der Waals surface area contributed by atoms with E-state index in [1.807, 2.05) is 19.1 Å². The first-order valence-electron chi connectivity index (χ1n) is 5.41. The van der Waals surface area contributed by atoms with Gasteiger partial charge in [-0.15, -0.1) is 0 Å². The van der Waals surface area contributed by atoms with Gasteiger partial charge in [-0.05, 0) is 31.2 Å². The summed E-state index contributed by atoms with van der Waals surface area (Å²) >= 11 is 0. The maximum atomic E-state index is 11.6. The van der Waals surface area contributed by atoms with Crippen LogP contribution in [0.15, 0.2) is 39.8 Å². The molecule has 96 valence electrons. The normalized spacial score (nSPS) is 11.4. The van der Waals surface area contributed by atoms with E-state index in [2.05, 4.69) is 10.3 Å². The largest absolute Gasteiger partial charge is 0.465 e. The highest BCUT2D eigenvalue weighted by atomic mass is 32.2. The monoisotopic (exact) mass is 266 g/mol. The molecular formula is C12H14N2O3S. The van der Waals surface area contributed by atoms with Crippen molar-refractivity contribution < 1.29 is 12.8 Å². The lowest BCUT2D eigenvalue weighted by Crippen LogP contribution is -2.07. The first kappa shape index (κ1) is 12.6. The Hall–Kier alpha value is -1.82. The molecule has 0 radical (unpaired) electrons. The summed E-state index contributed by atoms with van der Waals surface area (Å²) in [7, 11) is -3.29. The van der Waals surface area contributed by atoms with Crippen LogP contribution in [0.25, 0.3) is 0 Å². The van der Waals surface area contributed by atoms with E-state index in [1.54, 1.807) is 12.3 Å². The number of aryl methyl sites for hydroxylation is 1. The molecule has 0 spiro atoms. The van der Waals surface area contributed by atoms with Crippen LogP contribution in [0.4, 0.5) is 5.82 Å². The minimum Gasteiger partial charge on any atom is -0.465 e. The van der Waals surface area contributed by atoms with Gasteiger partial charge < -0.3 is 9.73 Å². The Morgan fingerprint density at radius 2 is 2.11 bits per heavy atom. The van der Waals surface area contributed by atoms with Crippen molar-refractivity contribution in [2.75, 3.05) is 11.6 Å². The highest BCUT2D eigenvalue weighted by Gasteiger charge is 2.13. The van der Waals surface area contributed by atoms with Gasteiger partial charge in [0.2, 0.25) is 0 Å². The molecule has 0 saturated carbocycles. The standard InChI is InChI=1S/C12H14N2O3S/c1-9-5-6-10(17-9)8-14-12-11(18(2,15)16)4-3-7-13-12/h3-7H,8H2,1-2H3,(H,13,14). The molecule has 0 saturated heterocycles. The van der Waals surface area contributed by atoms with Crippen molar-refractivity contribution >= 4 is 15.7 Å². The van der Waals surface area contributed by atoms with Gasteiger partial charge >= 0.3 is 0 Å². The Balaban J connectivity index is 2.20. The molecule has 0 bridgehead atoms. The highest BCUT2D eigenvalue weighted by molar-refractivity contribution is 7.90. The molecule has 0 fully saturated rings. The Morgan fingerprint density at radius 1 is 1.33 bits per heavy atom. The van der Waals surface area contributed by atoms with Crippen molar-refractivity contribution in [1.29, 1.82) is 0 Å². The second-order valence-corrected chi connectivity index (χ2v) is 5.97. The Labute approximate surface area is 106 Å². The number of nitrogens with zero attached hydrogens (tertiary/aromatic N) is 1. The van der Waals surface area contributed by atoms with Gasteiger partial charge in [-0.1, -0.05) is 0 Å². The molecule has 18 heavy (non-hydrogen) atoms. The molecule has 1 N–H and O–H groups in total. The van der Waals surface area contributed by atoms with E-state index in [9.17, 15) is 8.42 Å². The number of anilines is 1. The molecule has 0 aliphatic carbocycles. The molecule has 2 heterocycles. The number of sulfone groups is 1. The number of hydrogen-bond acceptors (Lipinski definition) is 5. The number of furan rings is 1. The van der Waals surface area contributed by atoms with Crippen LogP contribution >= 0.6 is 0 Å². The first-order valence-corrected chi connectivity index (χ1v) is 7.30. The van der Waals surface area contributed by atoms with Gasteiger partial charge in [0.15, 0.2) is 9.84 Å². The topological polar surface area (TPSA) is 72.2 Å². The lowest BCUT2D eigenvalue weighted by atomic mass is 10.4. The van der Waals surface area contributed by atoms with E-state index in [1.165, 1.54) is 6.07 Å². The van der Waals surface area contributed by atoms with Crippen molar-refractivity contribution in [2.45, 2.75) is 18.4 Å². The van der Waals surface area contributed by atoms with E-state index in [-0.39, 0.29) is 4.90 Å². The quantitative estimate of drug-likeness (QED) is 0.916. The van der Waals surface area contributed by atoms with E-state index in [0.29, 0.717) is 12.4 Å². The van der Waals surface area contributed by atoms with Gasteiger partial charge in [-0.3, -0.25) is 0 Å². The summed E-state index contributed by atoms with van der Waals surface area (Å²) in [5.41, 5.74) is 0. The van der Waals surface area contributed by atoms with Gasteiger partial charge in [-0.2, -0.15) is 0 Å². The van der Waals surface area contributed by atoms with Crippen molar-refractivity contribution in [1.82, 2.24) is 4.98 Å². The van der Waals surface area contributed by atoms with Crippen molar-refractivity contribution in [3.8, 4) is 0 Å². The lowest BCUT2D eigenvalue weighted by molar-refractivity contribution is 0.490. The summed E-state index contributed by atoms with van der Waals surface area (Å²) in [6.45, 7) is 2.25. The van der Waals surface area contributed by atoms with Crippen LogP contribution in [-0.2, 0) is 16.4 Å². The smallest absolute Gasteiger partial charge is 0.179 e. The first-order chi connectivity index (χ1) is 8.47. The maximum absolute atomic E-state index is 11.6. The molecule has 2 aromatic rings. The van der Waals surface area contributed by atoms with E-state index in [0.717, 1.165) is 17.8 Å². The molecule has 5 nitrogen and oxygen atoms in total. The van der Waals surface area contributed by atoms with E-state index in [4.69, 9.17) is 4.42 Å². The number of aromatic nitrogens is 1. The average Bonchev–Trinajstić information content (AvgIpc) is 2.72. The van der Waals surface area contributed by atoms with Gasteiger partial charge in [0, 0.05) is 12.5 Å². The molecule has 2 rings (SSSR count). The fraction of sp³-hybridized carbons (Fsp3) is 0.250. The third-order valence-electron chi connectivity index (χ3n) is 2.40. The summed E-state index contributed by atoms with van der Waals surface area (Å²) in [4.78, 5) is 4.22. The van der Waals surface area contributed by atoms with Crippen molar-refractivity contribution in [2.24, 2.45) is 0 Å². The zero-order chi connectivity index (χ0) is 13.2. The van der Waals surface area contributed by atoms with Crippen LogP contribution in [0, 0.1) is 6.92 Å². The molecule has 0 aliphatic rings. The molecule has 0 aromatic carbocycles. The zero-order valence-electron chi connectivity index (χ0n) is 10.2. The highest BCUT2D eigenvalue weighted by Crippen LogP contribution is 2.18. The van der Waals surface area contributed by atoms with Gasteiger partial charge in [0.1, 0.15) is 22.2 Å². The molecule has 0 aliphatic heterocycles. The van der Waals surface area contributed by atoms with Crippen LogP contribution < -0.4 is 5.32 Å². The van der Waals surface area contributed by atoms with Gasteiger partial charge in [-0.25, -0.2) is 13.4 Å². The van der Waals surface area contributed by atoms with E-state index >= 15 is 0 Å². The molecule has 0 amide bonds. The predicted octanol–water partition coefficient (Wildman–Crippen LogP) is 2.00. The summed E-state index contributed by atoms with van der Waals surface area (Å²) < 4.78 is 28.5.